The Hall–Kier alpha value is -2.20. The fourth-order valence-electron chi connectivity index (χ4n) is 3.47. The lowest BCUT2D eigenvalue weighted by Crippen LogP contribution is -2.40. The molecule has 4 nitrogen and oxygen atoms in total. The third kappa shape index (κ3) is 4.31. The first kappa shape index (κ1) is 20.1. The molecule has 0 spiro atoms. The number of anilines is 2. The summed E-state index contributed by atoms with van der Waals surface area (Å²) in [6.07, 6.45) is 2.01. The van der Waals surface area contributed by atoms with Crippen LogP contribution in [0.3, 0.4) is 0 Å². The minimum atomic E-state index is -0.00287. The minimum absolute atomic E-state index is 0. The van der Waals surface area contributed by atoms with Crippen molar-refractivity contribution in [3.63, 3.8) is 0 Å². The molecule has 5 heteroatoms. The van der Waals surface area contributed by atoms with E-state index >= 15 is 0 Å². The van der Waals surface area contributed by atoms with Crippen molar-refractivity contribution in [1.29, 1.82) is 0 Å². The van der Waals surface area contributed by atoms with Crippen LogP contribution < -0.4 is 16.0 Å². The first-order valence-electron chi connectivity index (χ1n) is 8.94. The predicted molar refractivity (Wildman–Crippen MR) is 111 cm³/mol. The third-order valence-corrected chi connectivity index (χ3v) is 5.13. The Labute approximate surface area is 162 Å². The number of halogens is 1. The Morgan fingerprint density at radius 3 is 2.73 bits per heavy atom. The van der Waals surface area contributed by atoms with E-state index in [1.54, 1.807) is 0 Å². The van der Waals surface area contributed by atoms with Crippen LogP contribution in [-0.4, -0.2) is 19.0 Å². The Balaban J connectivity index is 0.00000243. The second-order valence-corrected chi connectivity index (χ2v) is 7.00. The second-order valence-electron chi connectivity index (χ2n) is 7.00. The van der Waals surface area contributed by atoms with Gasteiger partial charge in [0.15, 0.2) is 0 Å². The number of hydrogen-bond acceptors (Lipinski definition) is 3. The van der Waals surface area contributed by atoms with Crippen molar-refractivity contribution in [2.24, 2.45) is 0 Å². The Bertz CT molecular complexity index is 791. The van der Waals surface area contributed by atoms with E-state index in [1.807, 2.05) is 19.1 Å². The molecule has 3 rings (SSSR count). The Morgan fingerprint density at radius 2 is 2.00 bits per heavy atom. The van der Waals surface area contributed by atoms with Gasteiger partial charge in [-0.05, 0) is 68.0 Å². The zero-order valence-corrected chi connectivity index (χ0v) is 16.5. The van der Waals surface area contributed by atoms with E-state index in [-0.39, 0.29) is 24.4 Å². The van der Waals surface area contributed by atoms with Gasteiger partial charge in [-0.15, -0.1) is 12.4 Å². The molecular formula is C21H28ClN3O. The van der Waals surface area contributed by atoms with Crippen LogP contribution in [0.15, 0.2) is 36.4 Å². The summed E-state index contributed by atoms with van der Waals surface area (Å²) in [5.41, 5.74) is 12.8. The summed E-state index contributed by atoms with van der Waals surface area (Å²) in [5, 5.41) is 3.12. The highest BCUT2D eigenvalue weighted by atomic mass is 35.5. The normalized spacial score (nSPS) is 14.2. The minimum Gasteiger partial charge on any atom is -0.398 e. The number of nitrogens with zero attached hydrogens (tertiary/aromatic N) is 1. The number of carbonyl (C=O) groups is 1. The number of nitrogens with two attached hydrogens (primary N) is 1. The van der Waals surface area contributed by atoms with Gasteiger partial charge in [-0.3, -0.25) is 4.79 Å². The maximum absolute atomic E-state index is 12.6. The van der Waals surface area contributed by atoms with Crippen LogP contribution in [0, 0.1) is 13.8 Å². The van der Waals surface area contributed by atoms with Gasteiger partial charge in [0, 0.05) is 17.9 Å². The lowest BCUT2D eigenvalue weighted by Gasteiger charge is -2.31. The average Bonchev–Trinajstić information content (AvgIpc) is 2.58. The van der Waals surface area contributed by atoms with Crippen LogP contribution in [-0.2, 0) is 11.2 Å². The molecule has 0 fully saturated rings. The fourth-order valence-corrected chi connectivity index (χ4v) is 3.47. The van der Waals surface area contributed by atoms with E-state index in [1.165, 1.54) is 16.7 Å². The van der Waals surface area contributed by atoms with Gasteiger partial charge >= 0.3 is 0 Å². The molecule has 0 aliphatic carbocycles. The van der Waals surface area contributed by atoms with E-state index in [2.05, 4.69) is 48.3 Å². The summed E-state index contributed by atoms with van der Waals surface area (Å²) >= 11 is 0. The van der Waals surface area contributed by atoms with Gasteiger partial charge in [0.25, 0.3) is 0 Å². The molecule has 2 aromatic rings. The number of nitrogen functional groups attached to an aromatic ring is 1. The summed E-state index contributed by atoms with van der Waals surface area (Å²) in [6, 6.07) is 12.3. The number of carbonyl (C=O) groups excluding carboxylic acids is 1. The van der Waals surface area contributed by atoms with E-state index in [0.29, 0.717) is 6.54 Å². The summed E-state index contributed by atoms with van der Waals surface area (Å²) in [4.78, 5) is 14.7. The van der Waals surface area contributed by atoms with Crippen molar-refractivity contribution in [3.05, 3.63) is 58.7 Å². The molecule has 0 saturated heterocycles. The quantitative estimate of drug-likeness (QED) is 0.798. The number of aryl methyl sites for hydroxylation is 2. The Morgan fingerprint density at radius 1 is 1.23 bits per heavy atom. The van der Waals surface area contributed by atoms with E-state index < -0.39 is 0 Å². The van der Waals surface area contributed by atoms with Crippen LogP contribution in [0.4, 0.5) is 11.4 Å². The number of hydrogen-bond donors (Lipinski definition) is 2. The largest absolute Gasteiger partial charge is 0.398 e. The van der Waals surface area contributed by atoms with Gasteiger partial charge in [-0.2, -0.15) is 0 Å². The van der Waals surface area contributed by atoms with Gasteiger partial charge in [-0.25, -0.2) is 0 Å². The van der Waals surface area contributed by atoms with Gasteiger partial charge in [-0.1, -0.05) is 24.3 Å². The van der Waals surface area contributed by atoms with Crippen molar-refractivity contribution < 1.29 is 4.79 Å². The molecule has 0 aromatic heterocycles. The first-order chi connectivity index (χ1) is 12.0. The molecule has 140 valence electrons. The highest BCUT2D eigenvalue weighted by Gasteiger charge is 2.21. The lowest BCUT2D eigenvalue weighted by molar-refractivity contribution is -0.120. The summed E-state index contributed by atoms with van der Waals surface area (Å²) in [5.74, 6) is 0.0426. The monoisotopic (exact) mass is 373 g/mol. The molecule has 0 bridgehead atoms. The highest BCUT2D eigenvalue weighted by molar-refractivity contribution is 5.85. The van der Waals surface area contributed by atoms with E-state index in [0.717, 1.165) is 36.3 Å². The summed E-state index contributed by atoms with van der Waals surface area (Å²) in [6.45, 7) is 7.49. The summed E-state index contributed by atoms with van der Waals surface area (Å²) in [7, 11) is 0. The number of benzene rings is 2. The third-order valence-electron chi connectivity index (χ3n) is 5.13. The molecule has 1 heterocycles. The first-order valence-corrected chi connectivity index (χ1v) is 8.94. The van der Waals surface area contributed by atoms with Crippen molar-refractivity contribution in [2.45, 2.75) is 39.7 Å². The highest BCUT2D eigenvalue weighted by Crippen LogP contribution is 2.31. The van der Waals surface area contributed by atoms with Crippen LogP contribution in [0.2, 0.25) is 0 Å². The zero-order valence-electron chi connectivity index (χ0n) is 15.7. The van der Waals surface area contributed by atoms with Crippen LogP contribution in [0.5, 0.6) is 0 Å². The van der Waals surface area contributed by atoms with Crippen LogP contribution >= 0.6 is 12.4 Å². The van der Waals surface area contributed by atoms with Crippen molar-refractivity contribution in [3.8, 4) is 0 Å². The predicted octanol–water partition coefficient (Wildman–Crippen LogP) is 3.94. The van der Waals surface area contributed by atoms with Gasteiger partial charge in [0.05, 0.1) is 12.6 Å². The molecule has 3 N–H and O–H groups in total. The molecule has 0 radical (unpaired) electrons. The average molecular weight is 374 g/mol. The Kier molecular flexibility index (Phi) is 6.54. The second kappa shape index (κ2) is 8.45. The lowest BCUT2D eigenvalue weighted by atomic mass is 10.00. The fraction of sp³-hybridized carbons (Fsp3) is 0.381. The molecule has 1 atom stereocenters. The number of amides is 1. The van der Waals surface area contributed by atoms with E-state index in [9.17, 15) is 4.79 Å². The van der Waals surface area contributed by atoms with Gasteiger partial charge in [0.2, 0.25) is 5.91 Å². The van der Waals surface area contributed by atoms with Crippen LogP contribution in [0.25, 0.3) is 0 Å². The van der Waals surface area contributed by atoms with Gasteiger partial charge in [0.1, 0.15) is 0 Å². The number of fused-ring (bicyclic) bond motifs is 1. The molecule has 1 unspecified atom stereocenters. The van der Waals surface area contributed by atoms with Crippen molar-refractivity contribution in [1.82, 2.24) is 5.32 Å². The van der Waals surface area contributed by atoms with E-state index in [4.69, 9.17) is 5.73 Å². The zero-order chi connectivity index (χ0) is 18.0. The van der Waals surface area contributed by atoms with Crippen molar-refractivity contribution >= 4 is 29.7 Å². The SMILES string of the molecule is Cc1ccc(C(C)NC(=O)CN2CCCc3c(N)cccc32)cc1C.Cl. The van der Waals surface area contributed by atoms with Crippen LogP contribution in [0.1, 0.15) is 41.6 Å². The smallest absolute Gasteiger partial charge is 0.239 e. The molecule has 1 aliphatic rings. The number of nitrogens with one attached hydrogen (secondary N) is 1. The summed E-state index contributed by atoms with van der Waals surface area (Å²) < 4.78 is 0. The maximum Gasteiger partial charge on any atom is 0.239 e. The number of rotatable bonds is 4. The molecule has 1 aliphatic heterocycles. The molecule has 2 aromatic carbocycles. The molecule has 26 heavy (non-hydrogen) atoms. The topological polar surface area (TPSA) is 58.4 Å². The molecular weight excluding hydrogens is 346 g/mol. The maximum atomic E-state index is 12.6. The molecule has 1 amide bonds. The standard InChI is InChI=1S/C21H27N3O.ClH/c1-14-9-10-17(12-15(14)2)16(3)23-21(25)13-24-11-5-6-18-19(22)7-4-8-20(18)24;/h4,7-10,12,16H,5-6,11,13,22H2,1-3H3,(H,23,25);1H. The van der Waals surface area contributed by atoms with Crippen molar-refractivity contribution in [2.75, 3.05) is 23.7 Å². The van der Waals surface area contributed by atoms with Gasteiger partial charge < -0.3 is 16.0 Å². The molecule has 0 saturated carbocycles.